The first-order valence-corrected chi connectivity index (χ1v) is 10.6. The van der Waals surface area contributed by atoms with E-state index >= 15 is 0 Å². The molecule has 0 unspecified atom stereocenters. The Hall–Kier alpha value is -3.74. The lowest BCUT2D eigenvalue weighted by Crippen LogP contribution is -2.16. The van der Waals surface area contributed by atoms with E-state index in [0.29, 0.717) is 0 Å². The van der Waals surface area contributed by atoms with Crippen molar-refractivity contribution in [1.82, 2.24) is 19.5 Å². The van der Waals surface area contributed by atoms with Crippen LogP contribution in [0.2, 0.25) is 0 Å². The van der Waals surface area contributed by atoms with Crippen molar-refractivity contribution in [1.29, 1.82) is 0 Å². The number of nitrogens with zero attached hydrogens (tertiary/aromatic N) is 4. The number of hydrogen-bond donors (Lipinski definition) is 0. The molecular weight excluding hydrogens is 425 g/mol. The van der Waals surface area contributed by atoms with Crippen molar-refractivity contribution < 1.29 is 13.2 Å². The third-order valence-electron chi connectivity index (χ3n) is 6.56. The summed E-state index contributed by atoms with van der Waals surface area (Å²) in [6.45, 7) is 5.85. The molecule has 1 aliphatic rings. The highest BCUT2D eigenvalue weighted by Gasteiger charge is 2.37. The predicted octanol–water partition coefficient (Wildman–Crippen LogP) is 6.60. The first-order valence-electron chi connectivity index (χ1n) is 10.6. The molecule has 5 aromatic rings. The molecule has 6 rings (SSSR count). The number of rotatable bonds is 1. The van der Waals surface area contributed by atoms with E-state index < -0.39 is 12.0 Å². The van der Waals surface area contributed by atoms with Gasteiger partial charge in [0, 0.05) is 16.2 Å². The highest BCUT2D eigenvalue weighted by molar-refractivity contribution is 6.11. The zero-order chi connectivity index (χ0) is 23.1. The summed E-state index contributed by atoms with van der Waals surface area (Å²) < 4.78 is 42.2. The van der Waals surface area contributed by atoms with Crippen molar-refractivity contribution in [2.75, 3.05) is 0 Å². The van der Waals surface area contributed by atoms with Crippen LogP contribution >= 0.6 is 0 Å². The lowest BCUT2D eigenvalue weighted by atomic mass is 9.82. The molecule has 0 spiro atoms. The average Bonchev–Trinajstić information content (AvgIpc) is 3.21. The Morgan fingerprint density at radius 3 is 2.27 bits per heavy atom. The van der Waals surface area contributed by atoms with Crippen LogP contribution in [-0.4, -0.2) is 19.5 Å². The van der Waals surface area contributed by atoms with Gasteiger partial charge in [0.15, 0.2) is 0 Å². The molecule has 0 amide bonds. The van der Waals surface area contributed by atoms with Crippen LogP contribution in [0.3, 0.4) is 0 Å². The first-order chi connectivity index (χ1) is 15.7. The fraction of sp³-hybridized carbons (Fsp3) is 0.192. The predicted molar refractivity (Wildman–Crippen MR) is 121 cm³/mol. The second kappa shape index (κ2) is 6.41. The molecule has 0 fully saturated rings. The van der Waals surface area contributed by atoms with Crippen LogP contribution in [0.15, 0.2) is 60.7 Å². The Morgan fingerprint density at radius 1 is 0.758 bits per heavy atom. The van der Waals surface area contributed by atoms with E-state index in [1.807, 2.05) is 36.4 Å². The fourth-order valence-electron chi connectivity index (χ4n) is 5.07. The van der Waals surface area contributed by atoms with Gasteiger partial charge in [-0.3, -0.25) is 4.57 Å². The van der Waals surface area contributed by atoms with Gasteiger partial charge < -0.3 is 0 Å². The number of hydrogen-bond acceptors (Lipinski definition) is 3. The molecule has 4 nitrogen and oxygen atoms in total. The summed E-state index contributed by atoms with van der Waals surface area (Å²) in [7, 11) is 0. The fourth-order valence-corrected chi connectivity index (χ4v) is 5.07. The van der Waals surface area contributed by atoms with Gasteiger partial charge in [-0.1, -0.05) is 56.3 Å². The minimum atomic E-state index is -4.66. The maximum atomic E-state index is 13.5. The molecule has 0 aliphatic heterocycles. The normalized spacial score (nSPS) is 14.6. The molecule has 164 valence electrons. The van der Waals surface area contributed by atoms with Crippen molar-refractivity contribution in [3.05, 3.63) is 83.4 Å². The number of benzene rings is 3. The van der Waals surface area contributed by atoms with Gasteiger partial charge in [0.2, 0.25) is 11.8 Å². The van der Waals surface area contributed by atoms with Gasteiger partial charge in [0.1, 0.15) is 5.82 Å². The zero-order valence-electron chi connectivity index (χ0n) is 18.2. The SMILES string of the molecule is Cc1nc(-n2c3ccccc3c3cc4c(cc32)-c2ccccc2C4(C)C)nc(C(F)(F)F)n1. The van der Waals surface area contributed by atoms with Gasteiger partial charge in [-0.15, -0.1) is 0 Å². The summed E-state index contributed by atoms with van der Waals surface area (Å²) in [5.74, 6) is -1.21. The van der Waals surface area contributed by atoms with Crippen LogP contribution in [0.25, 0.3) is 38.9 Å². The van der Waals surface area contributed by atoms with Gasteiger partial charge in [-0.2, -0.15) is 23.1 Å². The Bertz CT molecular complexity index is 1600. The Kier molecular flexibility index (Phi) is 3.86. The van der Waals surface area contributed by atoms with Crippen molar-refractivity contribution >= 4 is 21.8 Å². The second-order valence-corrected chi connectivity index (χ2v) is 8.94. The number of halogens is 3. The van der Waals surface area contributed by atoms with E-state index in [-0.39, 0.29) is 17.2 Å². The average molecular weight is 444 g/mol. The third kappa shape index (κ3) is 2.74. The molecule has 0 N–H and O–H groups in total. The molecule has 0 saturated heterocycles. The maximum Gasteiger partial charge on any atom is 0.451 e. The number of alkyl halides is 3. The van der Waals surface area contributed by atoms with Crippen molar-refractivity contribution in [3.63, 3.8) is 0 Å². The molecule has 1 aliphatic carbocycles. The van der Waals surface area contributed by atoms with Crippen molar-refractivity contribution in [2.45, 2.75) is 32.4 Å². The molecule has 7 heteroatoms. The summed E-state index contributed by atoms with van der Waals surface area (Å²) in [6, 6.07) is 20.2. The summed E-state index contributed by atoms with van der Waals surface area (Å²) in [5, 5.41) is 1.89. The van der Waals surface area contributed by atoms with E-state index in [1.54, 1.807) is 4.57 Å². The summed E-state index contributed by atoms with van der Waals surface area (Å²) in [4.78, 5) is 11.6. The van der Waals surface area contributed by atoms with Crippen molar-refractivity contribution in [3.8, 4) is 17.1 Å². The van der Waals surface area contributed by atoms with Gasteiger partial charge in [-0.25, -0.2) is 4.98 Å². The van der Waals surface area contributed by atoms with Crippen LogP contribution in [0.1, 0.15) is 36.6 Å². The number of aromatic nitrogens is 4. The highest BCUT2D eigenvalue weighted by atomic mass is 19.4. The van der Waals surface area contributed by atoms with Gasteiger partial charge in [0.05, 0.1) is 11.0 Å². The zero-order valence-corrected chi connectivity index (χ0v) is 18.2. The molecule has 2 heterocycles. The topological polar surface area (TPSA) is 43.6 Å². The molecule has 0 saturated carbocycles. The van der Waals surface area contributed by atoms with Gasteiger partial charge in [-0.05, 0) is 47.4 Å². The van der Waals surface area contributed by atoms with Crippen LogP contribution < -0.4 is 0 Å². The third-order valence-corrected chi connectivity index (χ3v) is 6.56. The molecule has 3 aromatic carbocycles. The number of para-hydroxylation sites is 1. The standard InChI is InChI=1S/C26H19F3N4/c1-14-30-23(26(27,28)29)32-24(31-14)33-21-11-7-5-9-16(21)18-12-20-17(13-22(18)33)15-8-4-6-10-19(15)25(20,2)3/h4-13H,1-3H3. The van der Waals surface area contributed by atoms with Gasteiger partial charge in [0.25, 0.3) is 0 Å². The lowest BCUT2D eigenvalue weighted by molar-refractivity contribution is -0.145. The van der Waals surface area contributed by atoms with E-state index in [1.165, 1.54) is 18.1 Å². The summed E-state index contributed by atoms with van der Waals surface area (Å²) >= 11 is 0. The lowest BCUT2D eigenvalue weighted by Gasteiger charge is -2.21. The molecular formula is C26H19F3N4. The van der Waals surface area contributed by atoms with E-state index in [0.717, 1.165) is 32.9 Å². The van der Waals surface area contributed by atoms with E-state index in [2.05, 4.69) is 53.1 Å². The summed E-state index contributed by atoms with van der Waals surface area (Å²) in [6.07, 6.45) is -4.66. The Morgan fingerprint density at radius 2 is 1.48 bits per heavy atom. The van der Waals surface area contributed by atoms with Crippen LogP contribution in [0.5, 0.6) is 0 Å². The van der Waals surface area contributed by atoms with E-state index in [9.17, 15) is 13.2 Å². The second-order valence-electron chi connectivity index (χ2n) is 8.94. The minimum Gasteiger partial charge on any atom is -0.278 e. The highest BCUT2D eigenvalue weighted by Crippen LogP contribution is 2.50. The largest absolute Gasteiger partial charge is 0.451 e. The van der Waals surface area contributed by atoms with Gasteiger partial charge >= 0.3 is 6.18 Å². The number of fused-ring (bicyclic) bond motifs is 6. The van der Waals surface area contributed by atoms with Crippen LogP contribution in [-0.2, 0) is 11.6 Å². The molecule has 2 aromatic heterocycles. The molecule has 0 bridgehead atoms. The first kappa shape index (κ1) is 19.9. The van der Waals surface area contributed by atoms with Crippen molar-refractivity contribution in [2.24, 2.45) is 0 Å². The Labute approximate surface area is 187 Å². The van der Waals surface area contributed by atoms with Crippen LogP contribution in [0.4, 0.5) is 13.2 Å². The van der Waals surface area contributed by atoms with E-state index in [4.69, 9.17) is 0 Å². The Balaban J connectivity index is 1.74. The van der Waals surface area contributed by atoms with Crippen LogP contribution in [0, 0.1) is 6.92 Å². The molecule has 0 radical (unpaired) electrons. The summed E-state index contributed by atoms with van der Waals surface area (Å²) in [5.41, 5.74) is 5.98. The quantitative estimate of drug-likeness (QED) is 0.292. The minimum absolute atomic E-state index is 0.0193. The smallest absolute Gasteiger partial charge is 0.278 e. The monoisotopic (exact) mass is 444 g/mol. The number of aryl methyl sites for hydroxylation is 1. The molecule has 0 atom stereocenters. The molecule has 33 heavy (non-hydrogen) atoms. The maximum absolute atomic E-state index is 13.5.